The maximum atomic E-state index is 10.3. The average molecular weight is 367 g/mol. The first kappa shape index (κ1) is 18.3. The van der Waals surface area contributed by atoms with E-state index in [0.717, 1.165) is 37.4 Å². The van der Waals surface area contributed by atoms with Gasteiger partial charge in [-0.2, -0.15) is 0 Å². The Morgan fingerprint density at radius 3 is 2.44 bits per heavy atom. The van der Waals surface area contributed by atoms with E-state index in [9.17, 15) is 5.11 Å². The summed E-state index contributed by atoms with van der Waals surface area (Å²) in [5.74, 6) is 1.80. The number of benzene rings is 2. The molecule has 2 N–H and O–H groups in total. The number of ether oxygens (including phenoxy) is 2. The molecule has 2 aromatic rings. The van der Waals surface area contributed by atoms with Gasteiger partial charge in [0.05, 0.1) is 13.2 Å². The number of methoxy groups -OCH3 is 1. The van der Waals surface area contributed by atoms with Gasteiger partial charge in [-0.1, -0.05) is 37.3 Å². The monoisotopic (exact) mass is 367 g/mol. The Balaban J connectivity index is 1.59. The van der Waals surface area contributed by atoms with E-state index in [2.05, 4.69) is 48.6 Å². The zero-order valence-electron chi connectivity index (χ0n) is 16.4. The highest BCUT2D eigenvalue weighted by Gasteiger charge is 2.43. The Morgan fingerprint density at radius 1 is 1.11 bits per heavy atom. The molecule has 1 heterocycles. The highest BCUT2D eigenvalue weighted by molar-refractivity contribution is 5.45. The minimum absolute atomic E-state index is 0.136. The molecule has 0 amide bonds. The molecular weight excluding hydrogens is 338 g/mol. The van der Waals surface area contributed by atoms with Gasteiger partial charge in [0, 0.05) is 37.3 Å². The zero-order chi connectivity index (χ0) is 19.0. The SMILES string of the molecule is COc1ccc(C2CNCC2(C)C(C)O)cc1OC1Cc2ccccc2C1. The molecule has 0 aromatic heterocycles. The first-order valence-electron chi connectivity index (χ1n) is 9.81. The molecule has 1 aliphatic carbocycles. The molecule has 4 rings (SSSR count). The van der Waals surface area contributed by atoms with Crippen molar-refractivity contribution in [2.75, 3.05) is 20.2 Å². The maximum absolute atomic E-state index is 10.3. The lowest BCUT2D eigenvalue weighted by Gasteiger charge is -2.34. The van der Waals surface area contributed by atoms with Crippen LogP contribution < -0.4 is 14.8 Å². The second-order valence-electron chi connectivity index (χ2n) is 8.19. The molecule has 2 aliphatic rings. The molecular formula is C23H29NO3. The number of rotatable bonds is 5. The maximum Gasteiger partial charge on any atom is 0.161 e. The van der Waals surface area contributed by atoms with Crippen molar-refractivity contribution in [2.45, 2.75) is 44.8 Å². The van der Waals surface area contributed by atoms with Gasteiger partial charge in [-0.15, -0.1) is 0 Å². The van der Waals surface area contributed by atoms with Crippen molar-refractivity contribution in [1.82, 2.24) is 5.32 Å². The standard InChI is InChI=1S/C23H29NO3/c1-15(25)23(2)14-24-13-20(23)18-8-9-21(26-3)22(12-18)27-19-10-16-6-4-5-7-17(16)11-19/h4-9,12,15,19-20,24-25H,10-11,13-14H2,1-3H3. The topological polar surface area (TPSA) is 50.7 Å². The molecule has 4 heteroatoms. The van der Waals surface area contributed by atoms with Gasteiger partial charge in [-0.3, -0.25) is 0 Å². The highest BCUT2D eigenvalue weighted by atomic mass is 16.5. The first-order chi connectivity index (χ1) is 13.0. The van der Waals surface area contributed by atoms with Gasteiger partial charge in [0.15, 0.2) is 11.5 Å². The third-order valence-corrected chi connectivity index (χ3v) is 6.50. The lowest BCUT2D eigenvalue weighted by Crippen LogP contribution is -2.36. The molecule has 1 fully saturated rings. The predicted molar refractivity (Wildman–Crippen MR) is 107 cm³/mol. The van der Waals surface area contributed by atoms with E-state index in [4.69, 9.17) is 9.47 Å². The smallest absolute Gasteiger partial charge is 0.161 e. The van der Waals surface area contributed by atoms with Crippen molar-refractivity contribution in [3.63, 3.8) is 0 Å². The summed E-state index contributed by atoms with van der Waals surface area (Å²) in [6, 6.07) is 14.8. The molecule has 0 saturated carbocycles. The fraction of sp³-hybridized carbons (Fsp3) is 0.478. The summed E-state index contributed by atoms with van der Waals surface area (Å²) in [7, 11) is 1.68. The van der Waals surface area contributed by atoms with Gasteiger partial charge >= 0.3 is 0 Å². The summed E-state index contributed by atoms with van der Waals surface area (Å²) in [5, 5.41) is 13.8. The van der Waals surface area contributed by atoms with Gasteiger partial charge in [0.2, 0.25) is 0 Å². The molecule has 27 heavy (non-hydrogen) atoms. The van der Waals surface area contributed by atoms with Crippen LogP contribution in [0.4, 0.5) is 0 Å². The molecule has 1 saturated heterocycles. The van der Waals surface area contributed by atoms with Crippen LogP contribution in [0.3, 0.4) is 0 Å². The van der Waals surface area contributed by atoms with E-state index in [-0.39, 0.29) is 23.5 Å². The highest BCUT2D eigenvalue weighted by Crippen LogP contribution is 2.44. The minimum Gasteiger partial charge on any atom is -0.493 e. The van der Waals surface area contributed by atoms with Crippen molar-refractivity contribution in [2.24, 2.45) is 5.41 Å². The molecule has 4 nitrogen and oxygen atoms in total. The van der Waals surface area contributed by atoms with Crippen LogP contribution in [0.25, 0.3) is 0 Å². The van der Waals surface area contributed by atoms with Gasteiger partial charge in [-0.05, 0) is 35.7 Å². The number of aliphatic hydroxyl groups is 1. The van der Waals surface area contributed by atoms with E-state index in [1.54, 1.807) is 7.11 Å². The summed E-state index contributed by atoms with van der Waals surface area (Å²) in [5.41, 5.74) is 3.75. The molecule has 1 aliphatic heterocycles. The van der Waals surface area contributed by atoms with Crippen molar-refractivity contribution in [1.29, 1.82) is 0 Å². The largest absolute Gasteiger partial charge is 0.493 e. The van der Waals surface area contributed by atoms with E-state index in [0.29, 0.717) is 0 Å². The van der Waals surface area contributed by atoms with Crippen molar-refractivity contribution >= 4 is 0 Å². The average Bonchev–Trinajstić information content (AvgIpc) is 3.25. The van der Waals surface area contributed by atoms with E-state index in [1.807, 2.05) is 13.0 Å². The van der Waals surface area contributed by atoms with Crippen LogP contribution in [-0.4, -0.2) is 37.5 Å². The number of aliphatic hydroxyl groups excluding tert-OH is 1. The molecule has 0 spiro atoms. The van der Waals surface area contributed by atoms with E-state index in [1.165, 1.54) is 16.7 Å². The lowest BCUT2D eigenvalue weighted by atomic mass is 9.72. The van der Waals surface area contributed by atoms with Gasteiger partial charge in [0.1, 0.15) is 6.10 Å². The Kier molecular flexibility index (Phi) is 4.87. The second kappa shape index (κ2) is 7.17. The van der Waals surface area contributed by atoms with Gasteiger partial charge < -0.3 is 19.9 Å². The third-order valence-electron chi connectivity index (χ3n) is 6.50. The zero-order valence-corrected chi connectivity index (χ0v) is 16.4. The van der Waals surface area contributed by atoms with Crippen LogP contribution >= 0.6 is 0 Å². The molecule has 3 atom stereocenters. The summed E-state index contributed by atoms with van der Waals surface area (Å²) in [4.78, 5) is 0. The summed E-state index contributed by atoms with van der Waals surface area (Å²) in [6.45, 7) is 5.72. The van der Waals surface area contributed by atoms with Crippen molar-refractivity contribution < 1.29 is 14.6 Å². The summed E-state index contributed by atoms with van der Waals surface area (Å²) in [6.07, 6.45) is 1.62. The molecule has 0 radical (unpaired) electrons. The predicted octanol–water partition coefficient (Wildman–Crippen LogP) is 3.32. The Labute approximate surface area is 161 Å². The lowest BCUT2D eigenvalue weighted by molar-refractivity contribution is 0.0548. The van der Waals surface area contributed by atoms with Crippen LogP contribution in [0, 0.1) is 5.41 Å². The molecule has 144 valence electrons. The minimum atomic E-state index is -0.381. The third kappa shape index (κ3) is 3.32. The number of hydrogen-bond acceptors (Lipinski definition) is 4. The van der Waals surface area contributed by atoms with Crippen LogP contribution in [0.5, 0.6) is 11.5 Å². The Bertz CT molecular complexity index is 794. The quantitative estimate of drug-likeness (QED) is 0.851. The van der Waals surface area contributed by atoms with Crippen molar-refractivity contribution in [3.05, 3.63) is 59.2 Å². The fourth-order valence-corrected chi connectivity index (χ4v) is 4.56. The summed E-state index contributed by atoms with van der Waals surface area (Å²) < 4.78 is 12.0. The molecule has 3 unspecified atom stereocenters. The molecule has 2 aromatic carbocycles. The second-order valence-corrected chi connectivity index (χ2v) is 8.19. The van der Waals surface area contributed by atoms with Crippen LogP contribution in [0.1, 0.15) is 36.5 Å². The van der Waals surface area contributed by atoms with Crippen molar-refractivity contribution in [3.8, 4) is 11.5 Å². The summed E-state index contributed by atoms with van der Waals surface area (Å²) >= 11 is 0. The van der Waals surface area contributed by atoms with Gasteiger partial charge in [0.25, 0.3) is 0 Å². The number of fused-ring (bicyclic) bond motifs is 1. The first-order valence-corrected chi connectivity index (χ1v) is 9.81. The van der Waals surface area contributed by atoms with Crippen LogP contribution in [-0.2, 0) is 12.8 Å². The number of nitrogens with one attached hydrogen (secondary N) is 1. The van der Waals surface area contributed by atoms with Crippen LogP contribution in [0.2, 0.25) is 0 Å². The Hall–Kier alpha value is -2.04. The Morgan fingerprint density at radius 2 is 1.81 bits per heavy atom. The van der Waals surface area contributed by atoms with Crippen LogP contribution in [0.15, 0.2) is 42.5 Å². The van der Waals surface area contributed by atoms with Gasteiger partial charge in [-0.25, -0.2) is 0 Å². The molecule has 0 bridgehead atoms. The fourth-order valence-electron chi connectivity index (χ4n) is 4.56. The van der Waals surface area contributed by atoms with E-state index < -0.39 is 0 Å². The normalized spacial score (nSPS) is 26.0. The van der Waals surface area contributed by atoms with E-state index >= 15 is 0 Å². The number of hydrogen-bond donors (Lipinski definition) is 2.